The van der Waals surface area contributed by atoms with Gasteiger partial charge in [-0.1, -0.05) is 19.1 Å². The summed E-state index contributed by atoms with van der Waals surface area (Å²) in [4.78, 5) is 11.1. The predicted octanol–water partition coefficient (Wildman–Crippen LogP) is 1.20. The number of carbonyl (C=O) groups is 1. The molecule has 5 heteroatoms. The molecular formula is C11H14O4S. The van der Waals surface area contributed by atoms with Crippen LogP contribution >= 0.6 is 0 Å². The SMILES string of the molecule is CCc1ccc(S(=O)(=O)CC(=O)OC)cc1. The second-order valence-corrected chi connectivity index (χ2v) is 5.32. The summed E-state index contributed by atoms with van der Waals surface area (Å²) in [6.45, 7) is 1.98. The van der Waals surface area contributed by atoms with Crippen LogP contribution in [0.2, 0.25) is 0 Å². The number of esters is 1. The van der Waals surface area contributed by atoms with E-state index in [-0.39, 0.29) is 4.90 Å². The summed E-state index contributed by atoms with van der Waals surface area (Å²) in [6.07, 6.45) is 0.845. The van der Waals surface area contributed by atoms with Crippen LogP contribution in [0.5, 0.6) is 0 Å². The Morgan fingerprint density at radius 1 is 1.25 bits per heavy atom. The monoisotopic (exact) mass is 242 g/mol. The van der Waals surface area contributed by atoms with Gasteiger partial charge in [0.2, 0.25) is 0 Å². The molecule has 0 saturated heterocycles. The topological polar surface area (TPSA) is 60.4 Å². The molecule has 0 aliphatic rings. The number of ether oxygens (including phenoxy) is 1. The average molecular weight is 242 g/mol. The number of carbonyl (C=O) groups excluding carboxylic acids is 1. The molecule has 88 valence electrons. The lowest BCUT2D eigenvalue weighted by molar-refractivity contribution is -0.137. The first-order valence-corrected chi connectivity index (χ1v) is 6.53. The van der Waals surface area contributed by atoms with Crippen LogP contribution in [-0.4, -0.2) is 27.2 Å². The summed E-state index contributed by atoms with van der Waals surface area (Å²) >= 11 is 0. The highest BCUT2D eigenvalue weighted by molar-refractivity contribution is 7.92. The minimum atomic E-state index is -3.57. The van der Waals surface area contributed by atoms with Gasteiger partial charge in [0.1, 0.15) is 0 Å². The van der Waals surface area contributed by atoms with Gasteiger partial charge in [0, 0.05) is 0 Å². The standard InChI is InChI=1S/C11H14O4S/c1-3-9-4-6-10(7-5-9)16(13,14)8-11(12)15-2/h4-7H,3,8H2,1-2H3. The van der Waals surface area contributed by atoms with Gasteiger partial charge in [-0.3, -0.25) is 4.79 Å². The van der Waals surface area contributed by atoms with Crippen LogP contribution in [0.1, 0.15) is 12.5 Å². The Hall–Kier alpha value is -1.36. The molecular weight excluding hydrogens is 228 g/mol. The number of hydrogen-bond acceptors (Lipinski definition) is 4. The fourth-order valence-corrected chi connectivity index (χ4v) is 2.38. The van der Waals surface area contributed by atoms with E-state index in [1.165, 1.54) is 12.1 Å². The van der Waals surface area contributed by atoms with Crippen molar-refractivity contribution in [2.24, 2.45) is 0 Å². The van der Waals surface area contributed by atoms with Gasteiger partial charge in [0.15, 0.2) is 15.6 Å². The average Bonchev–Trinajstić information content (AvgIpc) is 2.28. The summed E-state index contributed by atoms with van der Waals surface area (Å²) in [5, 5.41) is 0. The highest BCUT2D eigenvalue weighted by atomic mass is 32.2. The molecule has 16 heavy (non-hydrogen) atoms. The third-order valence-corrected chi connectivity index (χ3v) is 3.83. The molecule has 0 amide bonds. The smallest absolute Gasteiger partial charge is 0.321 e. The molecule has 1 rings (SSSR count). The van der Waals surface area contributed by atoms with Crippen molar-refractivity contribution in [2.75, 3.05) is 12.9 Å². The maximum Gasteiger partial charge on any atom is 0.321 e. The molecule has 0 bridgehead atoms. The molecule has 4 nitrogen and oxygen atoms in total. The molecule has 1 aromatic carbocycles. The molecule has 0 aliphatic heterocycles. The molecule has 0 unspecified atom stereocenters. The van der Waals surface area contributed by atoms with Gasteiger partial charge in [-0.25, -0.2) is 8.42 Å². The van der Waals surface area contributed by atoms with E-state index in [0.717, 1.165) is 19.1 Å². The third-order valence-electron chi connectivity index (χ3n) is 2.23. The van der Waals surface area contributed by atoms with E-state index in [4.69, 9.17) is 0 Å². The number of hydrogen-bond donors (Lipinski definition) is 0. The Morgan fingerprint density at radius 3 is 2.25 bits per heavy atom. The lowest BCUT2D eigenvalue weighted by atomic mass is 10.2. The van der Waals surface area contributed by atoms with Gasteiger partial charge in [0.05, 0.1) is 12.0 Å². The Kier molecular flexibility index (Phi) is 4.06. The van der Waals surface area contributed by atoms with Crippen molar-refractivity contribution in [2.45, 2.75) is 18.2 Å². The lowest BCUT2D eigenvalue weighted by Gasteiger charge is -2.04. The number of benzene rings is 1. The van der Waals surface area contributed by atoms with Crippen LogP contribution in [0.25, 0.3) is 0 Å². The molecule has 0 heterocycles. The van der Waals surface area contributed by atoms with E-state index in [0.29, 0.717) is 0 Å². The molecule has 0 radical (unpaired) electrons. The fraction of sp³-hybridized carbons (Fsp3) is 0.364. The van der Waals surface area contributed by atoms with Gasteiger partial charge in [0.25, 0.3) is 0 Å². The summed E-state index contributed by atoms with van der Waals surface area (Å²) in [6, 6.07) is 6.50. The molecule has 0 saturated carbocycles. The van der Waals surface area contributed by atoms with Gasteiger partial charge in [-0.2, -0.15) is 0 Å². The van der Waals surface area contributed by atoms with Crippen molar-refractivity contribution in [1.29, 1.82) is 0 Å². The molecule has 0 aliphatic carbocycles. The third kappa shape index (κ3) is 3.06. The van der Waals surface area contributed by atoms with E-state index in [9.17, 15) is 13.2 Å². The maximum atomic E-state index is 11.7. The molecule has 0 spiro atoms. The number of sulfone groups is 1. The van der Waals surface area contributed by atoms with Crippen LogP contribution in [0.3, 0.4) is 0 Å². The van der Waals surface area contributed by atoms with Crippen molar-refractivity contribution in [1.82, 2.24) is 0 Å². The zero-order valence-electron chi connectivity index (χ0n) is 9.26. The summed E-state index contributed by atoms with van der Waals surface area (Å²) in [5.41, 5.74) is 1.05. The van der Waals surface area contributed by atoms with Crippen LogP contribution in [0, 0.1) is 0 Å². The first-order valence-electron chi connectivity index (χ1n) is 4.88. The first-order chi connectivity index (χ1) is 7.49. The summed E-state index contributed by atoms with van der Waals surface area (Å²) in [5.74, 6) is -1.37. The van der Waals surface area contributed by atoms with Crippen LogP contribution < -0.4 is 0 Å². The summed E-state index contributed by atoms with van der Waals surface area (Å²) in [7, 11) is -2.41. The van der Waals surface area contributed by atoms with Crippen LogP contribution in [0.15, 0.2) is 29.2 Å². The molecule has 0 atom stereocenters. The van der Waals surface area contributed by atoms with Crippen molar-refractivity contribution in [3.8, 4) is 0 Å². The Bertz CT molecular complexity index is 459. The predicted molar refractivity (Wildman–Crippen MR) is 59.9 cm³/mol. The zero-order chi connectivity index (χ0) is 12.2. The Balaban J connectivity index is 2.94. The van der Waals surface area contributed by atoms with Gasteiger partial charge in [-0.05, 0) is 24.1 Å². The second-order valence-electron chi connectivity index (χ2n) is 3.33. The molecule has 0 fully saturated rings. The molecule has 0 N–H and O–H groups in total. The van der Waals surface area contributed by atoms with E-state index < -0.39 is 21.6 Å². The van der Waals surface area contributed by atoms with Crippen molar-refractivity contribution < 1.29 is 17.9 Å². The number of methoxy groups -OCH3 is 1. The van der Waals surface area contributed by atoms with Gasteiger partial charge in [-0.15, -0.1) is 0 Å². The Labute approximate surface area is 95.2 Å². The highest BCUT2D eigenvalue weighted by Gasteiger charge is 2.19. The first kappa shape index (κ1) is 12.7. The molecule has 0 aromatic heterocycles. The molecule has 1 aromatic rings. The largest absolute Gasteiger partial charge is 0.468 e. The zero-order valence-corrected chi connectivity index (χ0v) is 10.1. The number of rotatable bonds is 4. The van der Waals surface area contributed by atoms with Crippen molar-refractivity contribution >= 4 is 15.8 Å². The number of aryl methyl sites for hydroxylation is 1. The lowest BCUT2D eigenvalue weighted by Crippen LogP contribution is -2.17. The van der Waals surface area contributed by atoms with Crippen LogP contribution in [0.4, 0.5) is 0 Å². The Morgan fingerprint density at radius 2 is 1.81 bits per heavy atom. The van der Waals surface area contributed by atoms with Crippen molar-refractivity contribution in [3.05, 3.63) is 29.8 Å². The minimum Gasteiger partial charge on any atom is -0.468 e. The highest BCUT2D eigenvalue weighted by Crippen LogP contribution is 2.13. The van der Waals surface area contributed by atoms with E-state index in [1.807, 2.05) is 6.92 Å². The normalized spacial score (nSPS) is 11.1. The summed E-state index contributed by atoms with van der Waals surface area (Å²) < 4.78 is 27.7. The van der Waals surface area contributed by atoms with Gasteiger partial charge >= 0.3 is 5.97 Å². The van der Waals surface area contributed by atoms with E-state index in [1.54, 1.807) is 12.1 Å². The van der Waals surface area contributed by atoms with Gasteiger partial charge < -0.3 is 4.74 Å². The van der Waals surface area contributed by atoms with E-state index in [2.05, 4.69) is 4.74 Å². The van der Waals surface area contributed by atoms with E-state index >= 15 is 0 Å². The minimum absolute atomic E-state index is 0.148. The van der Waals surface area contributed by atoms with Crippen LogP contribution in [-0.2, 0) is 25.8 Å². The quantitative estimate of drug-likeness (QED) is 0.744. The fourth-order valence-electron chi connectivity index (χ4n) is 1.23. The second kappa shape index (κ2) is 5.12. The maximum absolute atomic E-state index is 11.7. The van der Waals surface area contributed by atoms with Crippen molar-refractivity contribution in [3.63, 3.8) is 0 Å².